The molecule has 3 aromatic rings. The van der Waals surface area contributed by atoms with Crippen LogP contribution in [-0.2, 0) is 20.0 Å². The molecule has 0 saturated carbocycles. The van der Waals surface area contributed by atoms with Crippen molar-refractivity contribution in [3.05, 3.63) is 66.7 Å². The summed E-state index contributed by atoms with van der Waals surface area (Å²) in [5.41, 5.74) is 0.403. The predicted molar refractivity (Wildman–Crippen MR) is 121 cm³/mol. The van der Waals surface area contributed by atoms with Crippen molar-refractivity contribution in [2.75, 3.05) is 30.8 Å². The van der Waals surface area contributed by atoms with Gasteiger partial charge in [-0.3, -0.25) is 9.44 Å². The number of nitrogens with one attached hydrogen (secondary N) is 2. The van der Waals surface area contributed by atoms with E-state index in [1.807, 2.05) is 0 Å². The molecular weight excluding hydrogens is 456 g/mol. The van der Waals surface area contributed by atoms with Crippen LogP contribution in [0, 0.1) is 0 Å². The van der Waals surface area contributed by atoms with E-state index in [0.29, 0.717) is 11.5 Å². The fourth-order valence-corrected chi connectivity index (χ4v) is 5.33. The van der Waals surface area contributed by atoms with Gasteiger partial charge in [0.15, 0.2) is 0 Å². The van der Waals surface area contributed by atoms with Gasteiger partial charge in [-0.05, 0) is 42.5 Å². The third-order valence-electron chi connectivity index (χ3n) is 4.44. The number of sulfonamides is 2. The highest BCUT2D eigenvalue weighted by Crippen LogP contribution is 2.32. The Morgan fingerprint density at radius 2 is 1.06 bits per heavy atom. The zero-order chi connectivity index (χ0) is 23.4. The predicted octanol–water partition coefficient (Wildman–Crippen LogP) is 3.31. The normalized spacial score (nSPS) is 11.5. The van der Waals surface area contributed by atoms with Gasteiger partial charge in [-0.1, -0.05) is 24.3 Å². The summed E-state index contributed by atoms with van der Waals surface area (Å²) in [6.07, 6.45) is 0. The molecule has 0 aliphatic rings. The Hall–Kier alpha value is -3.44. The lowest BCUT2D eigenvalue weighted by Crippen LogP contribution is -2.17. The first-order chi connectivity index (χ1) is 15.2. The van der Waals surface area contributed by atoms with Gasteiger partial charge in [0.2, 0.25) is 0 Å². The van der Waals surface area contributed by atoms with Gasteiger partial charge in [0.05, 0.1) is 37.6 Å². The fourth-order valence-electron chi connectivity index (χ4n) is 2.90. The SMILES string of the molecule is COc1ccccc1NS(=O)(=O)c1ccc(OC)c(S(=O)(=O)Nc2ccccc2OC)c1. The molecule has 0 spiro atoms. The minimum absolute atomic E-state index is 0.0244. The summed E-state index contributed by atoms with van der Waals surface area (Å²) >= 11 is 0. The summed E-state index contributed by atoms with van der Waals surface area (Å²) in [7, 11) is -4.26. The molecule has 0 fully saturated rings. The van der Waals surface area contributed by atoms with E-state index in [0.717, 1.165) is 6.07 Å². The number of para-hydroxylation sites is 4. The van der Waals surface area contributed by atoms with Crippen molar-refractivity contribution >= 4 is 31.4 Å². The smallest absolute Gasteiger partial charge is 0.265 e. The summed E-state index contributed by atoms with van der Waals surface area (Å²) in [5, 5.41) is 0. The fraction of sp³-hybridized carbons (Fsp3) is 0.143. The van der Waals surface area contributed by atoms with Gasteiger partial charge < -0.3 is 14.2 Å². The first-order valence-corrected chi connectivity index (χ1v) is 12.2. The van der Waals surface area contributed by atoms with E-state index in [9.17, 15) is 16.8 Å². The maximum absolute atomic E-state index is 13.1. The van der Waals surface area contributed by atoms with Crippen LogP contribution in [0.15, 0.2) is 76.5 Å². The summed E-state index contributed by atoms with van der Waals surface area (Å²) in [6.45, 7) is 0. The molecule has 170 valence electrons. The maximum atomic E-state index is 13.1. The first-order valence-electron chi connectivity index (χ1n) is 9.21. The van der Waals surface area contributed by atoms with Crippen molar-refractivity contribution in [1.82, 2.24) is 0 Å². The van der Waals surface area contributed by atoms with Crippen LogP contribution in [-0.4, -0.2) is 38.2 Å². The van der Waals surface area contributed by atoms with E-state index in [4.69, 9.17) is 14.2 Å². The number of anilines is 2. The molecular formula is C21H22N2O7S2. The van der Waals surface area contributed by atoms with Crippen LogP contribution in [0.3, 0.4) is 0 Å². The zero-order valence-corrected chi connectivity index (χ0v) is 19.2. The van der Waals surface area contributed by atoms with E-state index < -0.39 is 20.0 Å². The maximum Gasteiger partial charge on any atom is 0.265 e. The monoisotopic (exact) mass is 478 g/mol. The van der Waals surface area contributed by atoms with Crippen molar-refractivity contribution in [2.24, 2.45) is 0 Å². The van der Waals surface area contributed by atoms with Crippen molar-refractivity contribution < 1.29 is 31.0 Å². The Bertz CT molecular complexity index is 1320. The molecule has 0 heterocycles. The number of ether oxygens (including phenoxy) is 3. The van der Waals surface area contributed by atoms with Crippen LogP contribution in [0.1, 0.15) is 0 Å². The Balaban J connectivity index is 2.03. The van der Waals surface area contributed by atoms with Crippen molar-refractivity contribution in [3.8, 4) is 17.2 Å². The third kappa shape index (κ3) is 4.89. The third-order valence-corrected chi connectivity index (χ3v) is 7.19. The number of benzene rings is 3. The standard InChI is InChI=1S/C21H22N2O7S2/c1-28-18-10-6-4-8-16(18)22-31(24,25)15-12-13-20(30-3)21(14-15)32(26,27)23-17-9-5-7-11-19(17)29-2/h4-14,22-23H,1-3H3. The van der Waals surface area contributed by atoms with Crippen LogP contribution >= 0.6 is 0 Å². The van der Waals surface area contributed by atoms with Crippen molar-refractivity contribution in [2.45, 2.75) is 9.79 Å². The second-order valence-corrected chi connectivity index (χ2v) is 9.76. The lowest BCUT2D eigenvalue weighted by molar-refractivity contribution is 0.402. The summed E-state index contributed by atoms with van der Waals surface area (Å²) in [6, 6.07) is 16.4. The van der Waals surface area contributed by atoms with Gasteiger partial charge in [-0.15, -0.1) is 0 Å². The van der Waals surface area contributed by atoms with Gasteiger partial charge >= 0.3 is 0 Å². The van der Waals surface area contributed by atoms with E-state index in [2.05, 4.69) is 9.44 Å². The Labute approximate surface area is 187 Å². The van der Waals surface area contributed by atoms with Gasteiger partial charge in [0.25, 0.3) is 20.0 Å². The molecule has 3 aromatic carbocycles. The molecule has 0 bridgehead atoms. The molecule has 0 radical (unpaired) electrons. The van der Waals surface area contributed by atoms with Gasteiger partial charge in [0, 0.05) is 0 Å². The van der Waals surface area contributed by atoms with Crippen LogP contribution in [0.2, 0.25) is 0 Å². The van der Waals surface area contributed by atoms with E-state index >= 15 is 0 Å². The molecule has 3 rings (SSSR count). The topological polar surface area (TPSA) is 120 Å². The van der Waals surface area contributed by atoms with Gasteiger partial charge in [-0.2, -0.15) is 0 Å². The van der Waals surface area contributed by atoms with E-state index in [-0.39, 0.29) is 26.9 Å². The van der Waals surface area contributed by atoms with Crippen molar-refractivity contribution in [3.63, 3.8) is 0 Å². The zero-order valence-electron chi connectivity index (χ0n) is 17.5. The van der Waals surface area contributed by atoms with Crippen LogP contribution in [0.5, 0.6) is 17.2 Å². The molecule has 2 N–H and O–H groups in total. The van der Waals surface area contributed by atoms with Crippen molar-refractivity contribution in [1.29, 1.82) is 0 Å². The molecule has 0 aliphatic heterocycles. The average Bonchev–Trinajstić information content (AvgIpc) is 2.78. The number of rotatable bonds is 9. The quantitative estimate of drug-likeness (QED) is 0.484. The Kier molecular flexibility index (Phi) is 6.80. The summed E-state index contributed by atoms with van der Waals surface area (Å²) in [4.78, 5) is -0.626. The number of methoxy groups -OCH3 is 3. The minimum atomic E-state index is -4.23. The highest BCUT2D eigenvalue weighted by molar-refractivity contribution is 7.93. The lowest BCUT2D eigenvalue weighted by atomic mass is 10.3. The Morgan fingerprint density at radius 1 is 0.594 bits per heavy atom. The highest BCUT2D eigenvalue weighted by Gasteiger charge is 2.25. The first kappa shape index (κ1) is 23.2. The largest absolute Gasteiger partial charge is 0.495 e. The lowest BCUT2D eigenvalue weighted by Gasteiger charge is -2.16. The summed E-state index contributed by atoms with van der Waals surface area (Å²) < 4.78 is 72.5. The van der Waals surface area contributed by atoms with Crippen LogP contribution < -0.4 is 23.7 Å². The molecule has 0 amide bonds. The minimum Gasteiger partial charge on any atom is -0.495 e. The van der Waals surface area contributed by atoms with Gasteiger partial charge in [-0.25, -0.2) is 16.8 Å². The highest BCUT2D eigenvalue weighted by atomic mass is 32.2. The van der Waals surface area contributed by atoms with E-state index in [1.54, 1.807) is 36.4 Å². The number of hydrogen-bond donors (Lipinski definition) is 2. The molecule has 0 aliphatic carbocycles. The molecule has 11 heteroatoms. The molecule has 0 unspecified atom stereocenters. The number of hydrogen-bond acceptors (Lipinski definition) is 7. The second kappa shape index (κ2) is 9.37. The second-order valence-electron chi connectivity index (χ2n) is 6.42. The van der Waals surface area contributed by atoms with E-state index in [1.165, 1.54) is 45.6 Å². The molecule has 0 aromatic heterocycles. The summed E-state index contributed by atoms with van der Waals surface area (Å²) in [5.74, 6) is 0.593. The Morgan fingerprint density at radius 3 is 1.56 bits per heavy atom. The molecule has 32 heavy (non-hydrogen) atoms. The van der Waals surface area contributed by atoms with Crippen LogP contribution in [0.4, 0.5) is 11.4 Å². The van der Waals surface area contributed by atoms with Gasteiger partial charge in [0.1, 0.15) is 22.1 Å². The molecule has 9 nitrogen and oxygen atoms in total. The average molecular weight is 479 g/mol. The van der Waals surface area contributed by atoms with Crippen LogP contribution in [0.25, 0.3) is 0 Å². The molecule has 0 saturated heterocycles. The molecule has 0 atom stereocenters.